The number of rotatable bonds is 4. The lowest BCUT2D eigenvalue weighted by Crippen LogP contribution is -2.47. The lowest BCUT2D eigenvalue weighted by molar-refractivity contribution is -0.143. The standard InChI is InChI=1S/C15H19N3O4/c16-15(22)17-9-10-4-6-11(7-5-10)13(19)18-8-2-1-3-12(18)14(20)21/h4-7,12H,1-3,8-9H2,(H,20,21)(H3,16,17,22). The Labute approximate surface area is 128 Å². The van der Waals surface area contributed by atoms with Gasteiger partial charge in [-0.05, 0) is 37.0 Å². The number of carboxylic acids is 1. The predicted molar refractivity (Wildman–Crippen MR) is 79.2 cm³/mol. The van der Waals surface area contributed by atoms with Crippen molar-refractivity contribution in [2.75, 3.05) is 6.54 Å². The summed E-state index contributed by atoms with van der Waals surface area (Å²) in [6, 6.07) is 5.32. The van der Waals surface area contributed by atoms with Crippen molar-refractivity contribution < 1.29 is 19.5 Å². The average molecular weight is 305 g/mol. The number of carbonyl (C=O) groups is 3. The second kappa shape index (κ2) is 6.93. The molecule has 1 atom stereocenters. The average Bonchev–Trinajstić information content (AvgIpc) is 2.52. The highest BCUT2D eigenvalue weighted by molar-refractivity contribution is 5.96. The number of hydrogen-bond acceptors (Lipinski definition) is 3. The zero-order chi connectivity index (χ0) is 16.1. The van der Waals surface area contributed by atoms with Gasteiger partial charge in [0, 0.05) is 18.7 Å². The Balaban J connectivity index is 2.08. The van der Waals surface area contributed by atoms with E-state index in [2.05, 4.69) is 5.32 Å². The van der Waals surface area contributed by atoms with E-state index in [1.54, 1.807) is 24.3 Å². The van der Waals surface area contributed by atoms with Crippen molar-refractivity contribution in [3.05, 3.63) is 35.4 Å². The number of aliphatic carboxylic acids is 1. The van der Waals surface area contributed by atoms with Gasteiger partial charge in [-0.25, -0.2) is 9.59 Å². The Kier molecular flexibility index (Phi) is 4.98. The van der Waals surface area contributed by atoms with Crippen LogP contribution in [0.25, 0.3) is 0 Å². The van der Waals surface area contributed by atoms with Gasteiger partial charge >= 0.3 is 12.0 Å². The van der Waals surface area contributed by atoms with Crippen molar-refractivity contribution in [2.45, 2.75) is 31.8 Å². The molecular weight excluding hydrogens is 286 g/mol. The Hall–Kier alpha value is -2.57. The predicted octanol–water partition coefficient (Wildman–Crippen LogP) is 0.934. The Bertz CT molecular complexity index is 571. The first kappa shape index (κ1) is 15.8. The van der Waals surface area contributed by atoms with Gasteiger partial charge in [-0.1, -0.05) is 12.1 Å². The first-order valence-corrected chi connectivity index (χ1v) is 7.15. The van der Waals surface area contributed by atoms with Gasteiger partial charge in [-0.3, -0.25) is 4.79 Å². The largest absolute Gasteiger partial charge is 0.480 e. The zero-order valence-corrected chi connectivity index (χ0v) is 12.1. The molecule has 1 fully saturated rings. The molecule has 1 aliphatic rings. The summed E-state index contributed by atoms with van der Waals surface area (Å²) in [6.07, 6.45) is 2.12. The summed E-state index contributed by atoms with van der Waals surface area (Å²) in [7, 11) is 0. The van der Waals surface area contributed by atoms with Gasteiger partial charge in [-0.2, -0.15) is 0 Å². The molecule has 1 aromatic carbocycles. The molecule has 0 aliphatic carbocycles. The van der Waals surface area contributed by atoms with Gasteiger partial charge < -0.3 is 21.1 Å². The van der Waals surface area contributed by atoms with Crippen molar-refractivity contribution in [2.24, 2.45) is 5.73 Å². The van der Waals surface area contributed by atoms with Crippen LogP contribution in [0.3, 0.4) is 0 Å². The lowest BCUT2D eigenvalue weighted by Gasteiger charge is -2.33. The highest BCUT2D eigenvalue weighted by atomic mass is 16.4. The summed E-state index contributed by atoms with van der Waals surface area (Å²) in [5.41, 5.74) is 6.24. The molecule has 4 N–H and O–H groups in total. The molecule has 7 nitrogen and oxygen atoms in total. The van der Waals surface area contributed by atoms with Gasteiger partial charge in [0.2, 0.25) is 0 Å². The van der Waals surface area contributed by atoms with Gasteiger partial charge in [0.25, 0.3) is 5.91 Å². The van der Waals surface area contributed by atoms with Crippen LogP contribution in [0.2, 0.25) is 0 Å². The molecule has 22 heavy (non-hydrogen) atoms. The molecule has 0 aromatic heterocycles. The molecule has 7 heteroatoms. The molecule has 0 saturated carbocycles. The summed E-state index contributed by atoms with van der Waals surface area (Å²) in [4.78, 5) is 35.8. The van der Waals surface area contributed by atoms with Crippen LogP contribution >= 0.6 is 0 Å². The first-order valence-electron chi connectivity index (χ1n) is 7.15. The van der Waals surface area contributed by atoms with Gasteiger partial charge in [-0.15, -0.1) is 0 Å². The van der Waals surface area contributed by atoms with E-state index in [9.17, 15) is 19.5 Å². The van der Waals surface area contributed by atoms with E-state index >= 15 is 0 Å². The Morgan fingerprint density at radius 1 is 1.23 bits per heavy atom. The Morgan fingerprint density at radius 2 is 1.91 bits per heavy atom. The van der Waals surface area contributed by atoms with E-state index in [1.165, 1.54) is 4.90 Å². The number of likely N-dealkylation sites (tertiary alicyclic amines) is 1. The van der Waals surface area contributed by atoms with E-state index in [4.69, 9.17) is 5.73 Å². The highest BCUT2D eigenvalue weighted by Gasteiger charge is 2.32. The minimum absolute atomic E-state index is 0.276. The summed E-state index contributed by atoms with van der Waals surface area (Å²) < 4.78 is 0. The van der Waals surface area contributed by atoms with E-state index in [-0.39, 0.29) is 12.5 Å². The van der Waals surface area contributed by atoms with Gasteiger partial charge in [0.05, 0.1) is 0 Å². The first-order chi connectivity index (χ1) is 10.5. The molecule has 118 valence electrons. The van der Waals surface area contributed by atoms with Gasteiger partial charge in [0.1, 0.15) is 6.04 Å². The fourth-order valence-electron chi connectivity index (χ4n) is 2.55. The number of nitrogens with two attached hydrogens (primary N) is 1. The molecule has 1 aromatic rings. The number of hydrogen-bond donors (Lipinski definition) is 3. The molecule has 1 unspecified atom stereocenters. The number of primary amides is 1. The van der Waals surface area contributed by atoms with Crippen LogP contribution in [0.1, 0.15) is 35.2 Å². The molecular formula is C15H19N3O4. The van der Waals surface area contributed by atoms with Crippen LogP contribution in [0.15, 0.2) is 24.3 Å². The van der Waals surface area contributed by atoms with Crippen molar-refractivity contribution in [1.82, 2.24) is 10.2 Å². The summed E-state index contributed by atoms with van der Waals surface area (Å²) in [5.74, 6) is -1.24. The smallest absolute Gasteiger partial charge is 0.326 e. The molecule has 0 radical (unpaired) electrons. The number of urea groups is 1. The molecule has 0 bridgehead atoms. The second-order valence-corrected chi connectivity index (χ2v) is 5.26. The van der Waals surface area contributed by atoms with Crippen LogP contribution in [0.4, 0.5) is 4.79 Å². The minimum Gasteiger partial charge on any atom is -0.480 e. The summed E-state index contributed by atoms with van der Waals surface area (Å²) >= 11 is 0. The van der Waals surface area contributed by atoms with Crippen LogP contribution in [0.5, 0.6) is 0 Å². The molecule has 0 spiro atoms. The van der Waals surface area contributed by atoms with Gasteiger partial charge in [0.15, 0.2) is 0 Å². The molecule has 3 amide bonds. The third-order valence-electron chi connectivity index (χ3n) is 3.72. The number of nitrogens with zero attached hydrogens (tertiary/aromatic N) is 1. The minimum atomic E-state index is -0.963. The number of carboxylic acid groups (broad SMARTS) is 1. The van der Waals surface area contributed by atoms with E-state index in [0.717, 1.165) is 18.4 Å². The van der Waals surface area contributed by atoms with Crippen LogP contribution in [-0.4, -0.2) is 40.5 Å². The number of amides is 3. The van der Waals surface area contributed by atoms with Crippen molar-refractivity contribution in [1.29, 1.82) is 0 Å². The third kappa shape index (κ3) is 3.75. The maximum atomic E-state index is 12.5. The second-order valence-electron chi connectivity index (χ2n) is 5.26. The number of benzene rings is 1. The quantitative estimate of drug-likeness (QED) is 0.768. The van der Waals surface area contributed by atoms with E-state index in [1.807, 2.05) is 0 Å². The van der Waals surface area contributed by atoms with Crippen LogP contribution in [0, 0.1) is 0 Å². The van der Waals surface area contributed by atoms with Crippen molar-refractivity contribution >= 4 is 17.9 Å². The summed E-state index contributed by atoms with van der Waals surface area (Å²) in [6.45, 7) is 0.742. The molecule has 2 rings (SSSR count). The molecule has 1 saturated heterocycles. The van der Waals surface area contributed by atoms with E-state index in [0.29, 0.717) is 18.5 Å². The molecule has 1 heterocycles. The van der Waals surface area contributed by atoms with Crippen molar-refractivity contribution in [3.8, 4) is 0 Å². The Morgan fingerprint density at radius 3 is 2.50 bits per heavy atom. The molecule has 1 aliphatic heterocycles. The fraction of sp³-hybridized carbons (Fsp3) is 0.400. The third-order valence-corrected chi connectivity index (χ3v) is 3.72. The fourth-order valence-corrected chi connectivity index (χ4v) is 2.55. The maximum Gasteiger partial charge on any atom is 0.326 e. The topological polar surface area (TPSA) is 113 Å². The lowest BCUT2D eigenvalue weighted by atomic mass is 10.0. The normalized spacial score (nSPS) is 17.8. The monoisotopic (exact) mass is 305 g/mol. The SMILES string of the molecule is NC(=O)NCc1ccc(C(=O)N2CCCCC2C(=O)O)cc1. The number of carbonyl (C=O) groups excluding carboxylic acids is 2. The zero-order valence-electron chi connectivity index (χ0n) is 12.1. The van der Waals surface area contributed by atoms with Crippen molar-refractivity contribution in [3.63, 3.8) is 0 Å². The number of piperidine rings is 1. The summed E-state index contributed by atoms with van der Waals surface area (Å²) in [5, 5.41) is 11.7. The van der Waals surface area contributed by atoms with E-state index < -0.39 is 18.0 Å². The highest BCUT2D eigenvalue weighted by Crippen LogP contribution is 2.20. The number of nitrogens with one attached hydrogen (secondary N) is 1. The maximum absolute atomic E-state index is 12.5. The van der Waals surface area contributed by atoms with Crippen LogP contribution < -0.4 is 11.1 Å². The van der Waals surface area contributed by atoms with Crippen LogP contribution in [-0.2, 0) is 11.3 Å².